The fourth-order valence-corrected chi connectivity index (χ4v) is 1.85. The van der Waals surface area contributed by atoms with Crippen LogP contribution in [0.25, 0.3) is 0 Å². The van der Waals surface area contributed by atoms with E-state index in [1.165, 1.54) is 0 Å². The third-order valence-corrected chi connectivity index (χ3v) is 2.88. The van der Waals surface area contributed by atoms with Gasteiger partial charge < -0.3 is 16.2 Å². The highest BCUT2D eigenvalue weighted by molar-refractivity contribution is 6.02. The first kappa shape index (κ1) is 13.0. The van der Waals surface area contributed by atoms with Gasteiger partial charge in [-0.3, -0.25) is 4.99 Å². The highest BCUT2D eigenvalue weighted by Gasteiger charge is 2.07. The molecular formula is C15H17N3O. The zero-order valence-electron chi connectivity index (χ0n) is 10.8. The fourth-order valence-electron chi connectivity index (χ4n) is 1.85. The van der Waals surface area contributed by atoms with Gasteiger partial charge in [0, 0.05) is 30.4 Å². The first-order valence-corrected chi connectivity index (χ1v) is 6.04. The van der Waals surface area contributed by atoms with Crippen LogP contribution in [0.3, 0.4) is 0 Å². The molecule has 0 saturated heterocycles. The number of phenols is 1. The van der Waals surface area contributed by atoms with Crippen LogP contribution in [0.4, 0.5) is 5.69 Å². The third kappa shape index (κ3) is 3.04. The number of amidine groups is 1. The van der Waals surface area contributed by atoms with Crippen molar-refractivity contribution in [2.24, 2.45) is 4.99 Å². The SMILES string of the molecule is CN=C(NCc1ccccc1O)c1ccccc1N. The Hall–Kier alpha value is -2.49. The van der Waals surface area contributed by atoms with Crippen molar-refractivity contribution in [1.82, 2.24) is 5.32 Å². The Morgan fingerprint density at radius 1 is 1.16 bits per heavy atom. The number of nitrogen functional groups attached to an aromatic ring is 1. The average molecular weight is 255 g/mol. The van der Waals surface area contributed by atoms with Gasteiger partial charge in [-0.05, 0) is 18.2 Å². The van der Waals surface area contributed by atoms with Crippen molar-refractivity contribution in [2.75, 3.05) is 12.8 Å². The van der Waals surface area contributed by atoms with Crippen LogP contribution in [-0.2, 0) is 6.54 Å². The summed E-state index contributed by atoms with van der Waals surface area (Å²) in [6.45, 7) is 0.494. The minimum absolute atomic E-state index is 0.270. The van der Waals surface area contributed by atoms with Crippen molar-refractivity contribution < 1.29 is 5.11 Å². The molecule has 0 aliphatic heterocycles. The van der Waals surface area contributed by atoms with Crippen LogP contribution in [0, 0.1) is 0 Å². The second kappa shape index (κ2) is 5.91. The lowest BCUT2D eigenvalue weighted by Crippen LogP contribution is -2.24. The molecule has 19 heavy (non-hydrogen) atoms. The highest BCUT2D eigenvalue weighted by Crippen LogP contribution is 2.16. The van der Waals surface area contributed by atoms with Gasteiger partial charge in [0.1, 0.15) is 11.6 Å². The summed E-state index contributed by atoms with van der Waals surface area (Å²) >= 11 is 0. The zero-order valence-corrected chi connectivity index (χ0v) is 10.8. The zero-order chi connectivity index (χ0) is 13.7. The van der Waals surface area contributed by atoms with Crippen molar-refractivity contribution in [1.29, 1.82) is 0 Å². The molecule has 4 heteroatoms. The second-order valence-corrected chi connectivity index (χ2v) is 4.14. The van der Waals surface area contributed by atoms with E-state index in [1.54, 1.807) is 19.2 Å². The van der Waals surface area contributed by atoms with E-state index in [0.717, 1.165) is 11.1 Å². The maximum absolute atomic E-state index is 9.72. The summed E-state index contributed by atoms with van der Waals surface area (Å²) in [5, 5.41) is 12.9. The molecule has 0 heterocycles. The van der Waals surface area contributed by atoms with E-state index >= 15 is 0 Å². The van der Waals surface area contributed by atoms with Crippen LogP contribution in [0.1, 0.15) is 11.1 Å². The predicted octanol–water partition coefficient (Wildman–Crippen LogP) is 2.14. The molecule has 0 atom stereocenters. The standard InChI is InChI=1S/C15H17N3O/c1-17-15(12-7-3-4-8-13(12)16)18-10-11-6-2-5-9-14(11)19/h2-9,19H,10,16H2,1H3,(H,17,18). The monoisotopic (exact) mass is 255 g/mol. The number of nitrogens with zero attached hydrogens (tertiary/aromatic N) is 1. The summed E-state index contributed by atoms with van der Waals surface area (Å²) in [7, 11) is 1.71. The molecule has 0 bridgehead atoms. The Kier molecular flexibility index (Phi) is 4.03. The van der Waals surface area contributed by atoms with Gasteiger partial charge in [0.2, 0.25) is 0 Å². The predicted molar refractivity (Wildman–Crippen MR) is 78.3 cm³/mol. The first-order chi connectivity index (χ1) is 9.22. The lowest BCUT2D eigenvalue weighted by molar-refractivity contribution is 0.467. The topological polar surface area (TPSA) is 70.6 Å². The van der Waals surface area contributed by atoms with E-state index in [0.29, 0.717) is 18.1 Å². The van der Waals surface area contributed by atoms with Gasteiger partial charge in [-0.25, -0.2) is 0 Å². The molecule has 4 N–H and O–H groups in total. The molecule has 0 saturated carbocycles. The number of nitrogens with one attached hydrogen (secondary N) is 1. The number of anilines is 1. The molecule has 98 valence electrons. The number of aromatic hydroxyl groups is 1. The maximum atomic E-state index is 9.72. The van der Waals surface area contributed by atoms with E-state index in [2.05, 4.69) is 10.3 Å². The third-order valence-electron chi connectivity index (χ3n) is 2.88. The number of hydrogen-bond acceptors (Lipinski definition) is 3. The van der Waals surface area contributed by atoms with Crippen molar-refractivity contribution in [3.05, 3.63) is 59.7 Å². The molecule has 0 aliphatic carbocycles. The summed E-state index contributed by atoms with van der Waals surface area (Å²) in [6, 6.07) is 14.8. The van der Waals surface area contributed by atoms with E-state index in [9.17, 15) is 5.11 Å². The van der Waals surface area contributed by atoms with Crippen molar-refractivity contribution >= 4 is 11.5 Å². The van der Waals surface area contributed by atoms with Crippen LogP contribution in [0.15, 0.2) is 53.5 Å². The van der Waals surface area contributed by atoms with Crippen LogP contribution >= 0.6 is 0 Å². The molecular weight excluding hydrogens is 238 g/mol. The normalized spacial score (nSPS) is 11.3. The number of rotatable bonds is 3. The molecule has 2 aromatic carbocycles. The number of para-hydroxylation sites is 2. The second-order valence-electron chi connectivity index (χ2n) is 4.14. The van der Waals surface area contributed by atoms with Crippen molar-refractivity contribution in [3.63, 3.8) is 0 Å². The van der Waals surface area contributed by atoms with Gasteiger partial charge in [0.25, 0.3) is 0 Å². The Bertz CT molecular complexity index is 593. The van der Waals surface area contributed by atoms with Crippen LogP contribution < -0.4 is 11.1 Å². The van der Waals surface area contributed by atoms with Gasteiger partial charge >= 0.3 is 0 Å². The molecule has 2 aromatic rings. The van der Waals surface area contributed by atoms with Crippen LogP contribution in [0.2, 0.25) is 0 Å². The number of nitrogens with two attached hydrogens (primary N) is 1. The lowest BCUT2D eigenvalue weighted by atomic mass is 10.1. The quantitative estimate of drug-likeness (QED) is 0.447. The first-order valence-electron chi connectivity index (χ1n) is 6.04. The number of benzene rings is 2. The molecule has 2 rings (SSSR count). The summed E-state index contributed by atoms with van der Waals surface area (Å²) in [4.78, 5) is 4.21. The Morgan fingerprint density at radius 2 is 1.84 bits per heavy atom. The molecule has 0 spiro atoms. The molecule has 0 radical (unpaired) electrons. The summed E-state index contributed by atoms with van der Waals surface area (Å²) in [5.41, 5.74) is 8.28. The van der Waals surface area contributed by atoms with E-state index in [4.69, 9.17) is 5.73 Å². The van der Waals surface area contributed by atoms with Crippen molar-refractivity contribution in [2.45, 2.75) is 6.54 Å². The Morgan fingerprint density at radius 3 is 2.53 bits per heavy atom. The summed E-state index contributed by atoms with van der Waals surface area (Å²) in [6.07, 6.45) is 0. The van der Waals surface area contributed by atoms with Gasteiger partial charge in [0.15, 0.2) is 0 Å². The minimum Gasteiger partial charge on any atom is -0.508 e. The van der Waals surface area contributed by atoms with Gasteiger partial charge in [0.05, 0.1) is 0 Å². The summed E-state index contributed by atoms with van der Waals surface area (Å²) in [5.74, 6) is 0.979. The molecule has 0 unspecified atom stereocenters. The average Bonchev–Trinajstić information content (AvgIpc) is 2.43. The van der Waals surface area contributed by atoms with E-state index < -0.39 is 0 Å². The van der Waals surface area contributed by atoms with Crippen molar-refractivity contribution in [3.8, 4) is 5.75 Å². The molecule has 0 aromatic heterocycles. The van der Waals surface area contributed by atoms with Gasteiger partial charge in [-0.15, -0.1) is 0 Å². The largest absolute Gasteiger partial charge is 0.508 e. The molecule has 0 amide bonds. The minimum atomic E-state index is 0.270. The number of phenolic OH excluding ortho intramolecular Hbond substituents is 1. The lowest BCUT2D eigenvalue weighted by Gasteiger charge is -2.12. The Labute approximate surface area is 112 Å². The molecule has 4 nitrogen and oxygen atoms in total. The molecule has 0 fully saturated rings. The Balaban J connectivity index is 2.14. The maximum Gasteiger partial charge on any atom is 0.130 e. The highest BCUT2D eigenvalue weighted by atomic mass is 16.3. The summed E-state index contributed by atoms with van der Waals surface area (Å²) < 4.78 is 0. The van der Waals surface area contributed by atoms with Gasteiger partial charge in [-0.2, -0.15) is 0 Å². The van der Waals surface area contributed by atoms with Gasteiger partial charge in [-0.1, -0.05) is 30.3 Å². The van der Waals surface area contributed by atoms with E-state index in [-0.39, 0.29) is 5.75 Å². The fraction of sp³-hybridized carbons (Fsp3) is 0.133. The van der Waals surface area contributed by atoms with Crippen LogP contribution in [0.5, 0.6) is 5.75 Å². The number of aliphatic imine (C=N–C) groups is 1. The molecule has 0 aliphatic rings. The number of hydrogen-bond donors (Lipinski definition) is 3. The van der Waals surface area contributed by atoms with Crippen LogP contribution in [-0.4, -0.2) is 18.0 Å². The smallest absolute Gasteiger partial charge is 0.130 e. The van der Waals surface area contributed by atoms with E-state index in [1.807, 2.05) is 36.4 Å².